The molecular weight excluding hydrogens is 339 g/mol. The molecule has 0 aromatic heterocycles. The van der Waals surface area contributed by atoms with Gasteiger partial charge in [-0.15, -0.1) is 0 Å². The molecule has 0 heterocycles. The van der Waals surface area contributed by atoms with Gasteiger partial charge in [-0.1, -0.05) is 12.1 Å². The Morgan fingerprint density at radius 2 is 1.76 bits per heavy atom. The molecule has 0 aliphatic rings. The highest BCUT2D eigenvalue weighted by Gasteiger charge is 2.16. The van der Waals surface area contributed by atoms with E-state index < -0.39 is 17.6 Å². The number of rotatable bonds is 3. The number of nitrogens with one attached hydrogen (secondary N) is 1. The summed E-state index contributed by atoms with van der Waals surface area (Å²) < 4.78 is 14.1. The molecule has 0 unspecified atom stereocenters. The van der Waals surface area contributed by atoms with Crippen LogP contribution in [0.2, 0.25) is 0 Å². The van der Waals surface area contributed by atoms with Gasteiger partial charge in [0.1, 0.15) is 5.82 Å². The summed E-state index contributed by atoms with van der Waals surface area (Å²) >= 11 is 3.03. The molecule has 108 valence electrons. The lowest BCUT2D eigenvalue weighted by Gasteiger charge is -2.11. The van der Waals surface area contributed by atoms with Crippen LogP contribution >= 0.6 is 15.9 Å². The standard InChI is InChI=1S/C15H12BrFN2O2/c1-8-9(14(18)20)4-3-7-12(8)19-15(21)10-5-2-6-11(16)13(10)17/h2-7H,1H3,(H2,18,20)(H,19,21). The normalized spacial score (nSPS) is 10.2. The maximum Gasteiger partial charge on any atom is 0.258 e. The molecule has 2 aromatic carbocycles. The van der Waals surface area contributed by atoms with Crippen molar-refractivity contribution < 1.29 is 14.0 Å². The van der Waals surface area contributed by atoms with Gasteiger partial charge < -0.3 is 11.1 Å². The summed E-state index contributed by atoms with van der Waals surface area (Å²) in [5, 5.41) is 2.58. The smallest absolute Gasteiger partial charge is 0.258 e. The van der Waals surface area contributed by atoms with Crippen LogP contribution in [0.15, 0.2) is 40.9 Å². The van der Waals surface area contributed by atoms with Gasteiger partial charge in [0.25, 0.3) is 5.91 Å². The predicted molar refractivity (Wildman–Crippen MR) is 81.8 cm³/mol. The molecule has 0 aliphatic heterocycles. The third-order valence-electron chi connectivity index (χ3n) is 3.04. The Bertz CT molecular complexity index is 732. The van der Waals surface area contributed by atoms with Crippen molar-refractivity contribution in [3.63, 3.8) is 0 Å². The second-order valence-corrected chi connectivity index (χ2v) is 5.25. The SMILES string of the molecule is Cc1c(NC(=O)c2cccc(Br)c2F)cccc1C(N)=O. The van der Waals surface area contributed by atoms with E-state index in [2.05, 4.69) is 21.2 Å². The minimum absolute atomic E-state index is 0.0896. The average molecular weight is 351 g/mol. The maximum atomic E-state index is 13.9. The van der Waals surface area contributed by atoms with Gasteiger partial charge in [0.05, 0.1) is 10.0 Å². The van der Waals surface area contributed by atoms with Crippen molar-refractivity contribution in [2.75, 3.05) is 5.32 Å². The lowest BCUT2D eigenvalue weighted by atomic mass is 10.1. The number of hydrogen-bond donors (Lipinski definition) is 2. The fourth-order valence-electron chi connectivity index (χ4n) is 1.91. The molecule has 0 radical (unpaired) electrons. The molecule has 0 spiro atoms. The summed E-state index contributed by atoms with van der Waals surface area (Å²) in [6, 6.07) is 9.23. The molecule has 0 saturated heterocycles. The number of halogens is 2. The van der Waals surface area contributed by atoms with Crippen LogP contribution in [0.3, 0.4) is 0 Å². The molecule has 2 aromatic rings. The molecule has 0 bridgehead atoms. The molecule has 2 amide bonds. The van der Waals surface area contributed by atoms with E-state index >= 15 is 0 Å². The number of carbonyl (C=O) groups excluding carboxylic acids is 2. The third-order valence-corrected chi connectivity index (χ3v) is 3.66. The van der Waals surface area contributed by atoms with Crippen LogP contribution in [0, 0.1) is 12.7 Å². The number of primary amides is 1. The molecule has 4 nitrogen and oxygen atoms in total. The van der Waals surface area contributed by atoms with Crippen LogP contribution in [0.25, 0.3) is 0 Å². The molecule has 6 heteroatoms. The fraction of sp³-hybridized carbons (Fsp3) is 0.0667. The number of amides is 2. The van der Waals surface area contributed by atoms with E-state index in [4.69, 9.17) is 5.73 Å². The fourth-order valence-corrected chi connectivity index (χ4v) is 2.27. The summed E-state index contributed by atoms with van der Waals surface area (Å²) in [5.74, 6) is -1.82. The van der Waals surface area contributed by atoms with Gasteiger partial charge in [0, 0.05) is 11.3 Å². The van der Waals surface area contributed by atoms with Crippen LogP contribution < -0.4 is 11.1 Å². The van der Waals surface area contributed by atoms with Crippen LogP contribution in [-0.2, 0) is 0 Å². The Balaban J connectivity index is 2.34. The monoisotopic (exact) mass is 350 g/mol. The molecule has 0 saturated carbocycles. The molecule has 21 heavy (non-hydrogen) atoms. The maximum absolute atomic E-state index is 13.9. The molecular formula is C15H12BrFN2O2. The van der Waals surface area contributed by atoms with E-state index in [1.165, 1.54) is 12.1 Å². The van der Waals surface area contributed by atoms with Gasteiger partial charge >= 0.3 is 0 Å². The highest BCUT2D eigenvalue weighted by Crippen LogP contribution is 2.22. The average Bonchev–Trinajstić information content (AvgIpc) is 2.43. The number of carbonyl (C=O) groups is 2. The zero-order chi connectivity index (χ0) is 15.6. The van der Waals surface area contributed by atoms with Crippen LogP contribution in [0.5, 0.6) is 0 Å². The van der Waals surface area contributed by atoms with Crippen LogP contribution in [0.1, 0.15) is 26.3 Å². The second-order valence-electron chi connectivity index (χ2n) is 4.40. The van der Waals surface area contributed by atoms with Gasteiger partial charge in [-0.25, -0.2) is 4.39 Å². The topological polar surface area (TPSA) is 72.2 Å². The van der Waals surface area contributed by atoms with Gasteiger partial charge in [0.2, 0.25) is 5.91 Å². The van der Waals surface area contributed by atoms with Crippen LogP contribution in [0.4, 0.5) is 10.1 Å². The first-order chi connectivity index (χ1) is 9.91. The Morgan fingerprint density at radius 1 is 1.14 bits per heavy atom. The van der Waals surface area contributed by atoms with Crippen molar-refractivity contribution in [1.82, 2.24) is 0 Å². The molecule has 2 rings (SSSR count). The van der Waals surface area contributed by atoms with E-state index in [-0.39, 0.29) is 10.0 Å². The lowest BCUT2D eigenvalue weighted by Crippen LogP contribution is -2.17. The summed E-state index contributed by atoms with van der Waals surface area (Å²) in [6.07, 6.45) is 0. The Morgan fingerprint density at radius 3 is 2.43 bits per heavy atom. The van der Waals surface area contributed by atoms with Crippen molar-refractivity contribution in [3.05, 3.63) is 63.4 Å². The van der Waals surface area contributed by atoms with E-state index in [0.29, 0.717) is 16.8 Å². The Kier molecular flexibility index (Phi) is 4.37. The third kappa shape index (κ3) is 3.11. The van der Waals surface area contributed by atoms with Crippen LogP contribution in [-0.4, -0.2) is 11.8 Å². The first-order valence-electron chi connectivity index (χ1n) is 6.06. The largest absolute Gasteiger partial charge is 0.366 e. The van der Waals surface area contributed by atoms with Crippen molar-refractivity contribution in [2.24, 2.45) is 5.73 Å². The Labute approximate surface area is 129 Å². The number of benzene rings is 2. The summed E-state index contributed by atoms with van der Waals surface area (Å²) in [4.78, 5) is 23.4. The van der Waals surface area contributed by atoms with E-state index in [1.807, 2.05) is 0 Å². The first kappa shape index (κ1) is 15.2. The van der Waals surface area contributed by atoms with Gasteiger partial charge in [-0.2, -0.15) is 0 Å². The molecule has 0 aliphatic carbocycles. The lowest BCUT2D eigenvalue weighted by molar-refractivity contribution is 0.0994. The van der Waals surface area contributed by atoms with Gasteiger partial charge in [-0.05, 0) is 52.7 Å². The summed E-state index contributed by atoms with van der Waals surface area (Å²) in [5.41, 5.74) is 6.42. The van der Waals surface area contributed by atoms with Crippen molar-refractivity contribution in [2.45, 2.75) is 6.92 Å². The van der Waals surface area contributed by atoms with Gasteiger partial charge in [-0.3, -0.25) is 9.59 Å². The highest BCUT2D eigenvalue weighted by atomic mass is 79.9. The predicted octanol–water partition coefficient (Wildman–Crippen LogP) is 3.25. The second kappa shape index (κ2) is 6.05. The number of nitrogens with two attached hydrogens (primary N) is 1. The zero-order valence-corrected chi connectivity index (χ0v) is 12.7. The van der Waals surface area contributed by atoms with E-state index in [9.17, 15) is 14.0 Å². The van der Waals surface area contributed by atoms with E-state index in [0.717, 1.165) is 0 Å². The van der Waals surface area contributed by atoms with Gasteiger partial charge in [0.15, 0.2) is 0 Å². The molecule has 0 fully saturated rings. The van der Waals surface area contributed by atoms with Crippen molar-refractivity contribution in [3.8, 4) is 0 Å². The minimum Gasteiger partial charge on any atom is -0.366 e. The first-order valence-corrected chi connectivity index (χ1v) is 6.86. The van der Waals surface area contributed by atoms with Crippen molar-refractivity contribution >= 4 is 33.4 Å². The minimum atomic E-state index is -0.640. The molecule has 3 N–H and O–H groups in total. The highest BCUT2D eigenvalue weighted by molar-refractivity contribution is 9.10. The quantitative estimate of drug-likeness (QED) is 0.891. The Hall–Kier alpha value is -2.21. The van der Waals surface area contributed by atoms with Crippen molar-refractivity contribution in [1.29, 1.82) is 0 Å². The number of anilines is 1. The number of hydrogen-bond acceptors (Lipinski definition) is 2. The summed E-state index contributed by atoms with van der Waals surface area (Å²) in [6.45, 7) is 1.66. The van der Waals surface area contributed by atoms with E-state index in [1.54, 1.807) is 31.2 Å². The zero-order valence-electron chi connectivity index (χ0n) is 11.1. The molecule has 0 atom stereocenters. The summed E-state index contributed by atoms with van der Waals surface area (Å²) in [7, 11) is 0.